The van der Waals surface area contributed by atoms with E-state index in [4.69, 9.17) is 0 Å². The first-order chi connectivity index (χ1) is 9.65. The van der Waals surface area contributed by atoms with E-state index in [0.717, 1.165) is 24.9 Å². The van der Waals surface area contributed by atoms with E-state index in [0.29, 0.717) is 0 Å². The standard InChI is InChI=1S/C19H33N/c1-5-8-16(3)13-19(15-20-11-6-2)14-18-10-7-9-17(4)12-18/h7,9-10,12,16,19-20H,5-6,8,11,13-15H2,1-4H3. The number of nitrogens with one attached hydrogen (secondary N) is 1. The molecule has 1 N–H and O–H groups in total. The molecule has 2 atom stereocenters. The van der Waals surface area contributed by atoms with Crippen LogP contribution in [0.4, 0.5) is 0 Å². The Bertz CT molecular complexity index is 359. The van der Waals surface area contributed by atoms with Gasteiger partial charge in [0, 0.05) is 0 Å². The van der Waals surface area contributed by atoms with E-state index in [1.165, 1.54) is 43.2 Å². The van der Waals surface area contributed by atoms with Crippen LogP contribution in [-0.2, 0) is 6.42 Å². The highest BCUT2D eigenvalue weighted by molar-refractivity contribution is 5.22. The Morgan fingerprint density at radius 2 is 1.95 bits per heavy atom. The summed E-state index contributed by atoms with van der Waals surface area (Å²) in [5.74, 6) is 1.61. The molecule has 1 nitrogen and oxygen atoms in total. The second kappa shape index (κ2) is 9.99. The topological polar surface area (TPSA) is 12.0 Å². The maximum Gasteiger partial charge on any atom is -0.00172 e. The van der Waals surface area contributed by atoms with E-state index in [1.807, 2.05) is 0 Å². The van der Waals surface area contributed by atoms with Gasteiger partial charge in [0.1, 0.15) is 0 Å². The van der Waals surface area contributed by atoms with Crippen molar-refractivity contribution in [3.8, 4) is 0 Å². The molecule has 1 heteroatoms. The zero-order valence-corrected chi connectivity index (χ0v) is 13.9. The third-order valence-electron chi connectivity index (χ3n) is 3.98. The van der Waals surface area contributed by atoms with Gasteiger partial charge in [0.15, 0.2) is 0 Å². The minimum Gasteiger partial charge on any atom is -0.316 e. The molecule has 0 radical (unpaired) electrons. The molecule has 2 unspecified atom stereocenters. The van der Waals surface area contributed by atoms with Crippen molar-refractivity contribution >= 4 is 0 Å². The molecule has 0 saturated carbocycles. The first kappa shape index (κ1) is 17.2. The SMILES string of the molecule is CCCNCC(Cc1cccc(C)c1)CC(C)CCC. The molecule has 0 saturated heterocycles. The molecule has 0 aliphatic carbocycles. The van der Waals surface area contributed by atoms with Gasteiger partial charge in [-0.25, -0.2) is 0 Å². The summed E-state index contributed by atoms with van der Waals surface area (Å²) in [6, 6.07) is 9.01. The van der Waals surface area contributed by atoms with Crippen molar-refractivity contribution in [2.24, 2.45) is 11.8 Å². The Morgan fingerprint density at radius 3 is 2.60 bits per heavy atom. The lowest BCUT2D eigenvalue weighted by atomic mass is 9.88. The number of benzene rings is 1. The maximum absolute atomic E-state index is 3.62. The Kier molecular flexibility index (Phi) is 8.60. The van der Waals surface area contributed by atoms with Crippen LogP contribution in [0.5, 0.6) is 0 Å². The van der Waals surface area contributed by atoms with Crippen LogP contribution in [0.2, 0.25) is 0 Å². The van der Waals surface area contributed by atoms with Gasteiger partial charge >= 0.3 is 0 Å². The zero-order chi connectivity index (χ0) is 14.8. The molecule has 20 heavy (non-hydrogen) atoms. The summed E-state index contributed by atoms with van der Waals surface area (Å²) in [5, 5.41) is 3.62. The zero-order valence-electron chi connectivity index (χ0n) is 13.9. The molecule has 0 heterocycles. The number of hydrogen-bond donors (Lipinski definition) is 1. The van der Waals surface area contributed by atoms with Gasteiger partial charge < -0.3 is 5.32 Å². The molecule has 1 rings (SSSR count). The Hall–Kier alpha value is -0.820. The summed E-state index contributed by atoms with van der Waals surface area (Å²) < 4.78 is 0. The minimum absolute atomic E-state index is 0.768. The molecular formula is C19H33N. The van der Waals surface area contributed by atoms with Gasteiger partial charge in [-0.1, -0.05) is 63.4 Å². The van der Waals surface area contributed by atoms with E-state index in [1.54, 1.807) is 0 Å². The van der Waals surface area contributed by atoms with Crippen LogP contribution in [0.15, 0.2) is 24.3 Å². The van der Waals surface area contributed by atoms with Gasteiger partial charge in [0.2, 0.25) is 0 Å². The molecule has 1 aromatic rings. The minimum atomic E-state index is 0.768. The highest BCUT2D eigenvalue weighted by Crippen LogP contribution is 2.21. The van der Waals surface area contributed by atoms with Crippen LogP contribution in [0, 0.1) is 18.8 Å². The van der Waals surface area contributed by atoms with Gasteiger partial charge in [-0.05, 0) is 56.7 Å². The van der Waals surface area contributed by atoms with Crippen LogP contribution in [-0.4, -0.2) is 13.1 Å². The molecule has 114 valence electrons. The van der Waals surface area contributed by atoms with Crippen LogP contribution in [0.1, 0.15) is 57.6 Å². The van der Waals surface area contributed by atoms with Crippen molar-refractivity contribution in [3.63, 3.8) is 0 Å². The highest BCUT2D eigenvalue weighted by Gasteiger charge is 2.13. The Balaban J connectivity index is 2.56. The summed E-state index contributed by atoms with van der Waals surface area (Å²) >= 11 is 0. The monoisotopic (exact) mass is 275 g/mol. The summed E-state index contributed by atoms with van der Waals surface area (Å²) in [5.41, 5.74) is 2.88. The van der Waals surface area contributed by atoms with Crippen molar-refractivity contribution in [3.05, 3.63) is 35.4 Å². The third kappa shape index (κ3) is 7.09. The van der Waals surface area contributed by atoms with Crippen LogP contribution in [0.25, 0.3) is 0 Å². The second-order valence-electron chi connectivity index (χ2n) is 6.39. The second-order valence-corrected chi connectivity index (χ2v) is 6.39. The molecule has 1 aromatic carbocycles. The molecule has 0 aromatic heterocycles. The summed E-state index contributed by atoms with van der Waals surface area (Å²) in [6.07, 6.45) is 6.45. The highest BCUT2D eigenvalue weighted by atomic mass is 14.8. The van der Waals surface area contributed by atoms with Gasteiger partial charge in [-0.3, -0.25) is 0 Å². The van der Waals surface area contributed by atoms with E-state index in [-0.39, 0.29) is 0 Å². The Morgan fingerprint density at radius 1 is 1.15 bits per heavy atom. The van der Waals surface area contributed by atoms with E-state index in [9.17, 15) is 0 Å². The lowest BCUT2D eigenvalue weighted by Gasteiger charge is -2.21. The molecule has 0 fully saturated rings. The molecule has 0 bridgehead atoms. The fourth-order valence-corrected chi connectivity index (χ4v) is 3.07. The number of rotatable bonds is 10. The molecular weight excluding hydrogens is 242 g/mol. The number of hydrogen-bond acceptors (Lipinski definition) is 1. The van der Waals surface area contributed by atoms with E-state index in [2.05, 4.69) is 57.3 Å². The van der Waals surface area contributed by atoms with Crippen molar-refractivity contribution in [2.45, 2.75) is 59.8 Å². The average molecular weight is 275 g/mol. The summed E-state index contributed by atoms with van der Waals surface area (Å²) in [4.78, 5) is 0. The van der Waals surface area contributed by atoms with Gasteiger partial charge in [-0.2, -0.15) is 0 Å². The largest absolute Gasteiger partial charge is 0.316 e. The van der Waals surface area contributed by atoms with E-state index < -0.39 is 0 Å². The lowest BCUT2D eigenvalue weighted by Crippen LogP contribution is -2.26. The van der Waals surface area contributed by atoms with Gasteiger partial charge in [-0.15, -0.1) is 0 Å². The van der Waals surface area contributed by atoms with Crippen molar-refractivity contribution in [1.82, 2.24) is 5.32 Å². The first-order valence-corrected chi connectivity index (χ1v) is 8.41. The Labute approximate surface area is 126 Å². The van der Waals surface area contributed by atoms with Crippen LogP contribution < -0.4 is 5.32 Å². The van der Waals surface area contributed by atoms with Crippen molar-refractivity contribution < 1.29 is 0 Å². The van der Waals surface area contributed by atoms with E-state index >= 15 is 0 Å². The average Bonchev–Trinajstić information content (AvgIpc) is 2.39. The van der Waals surface area contributed by atoms with Crippen LogP contribution >= 0.6 is 0 Å². The smallest absolute Gasteiger partial charge is 0.00172 e. The summed E-state index contributed by atoms with van der Waals surface area (Å²) in [6.45, 7) is 11.4. The maximum atomic E-state index is 3.62. The van der Waals surface area contributed by atoms with Gasteiger partial charge in [0.05, 0.1) is 0 Å². The fraction of sp³-hybridized carbons (Fsp3) is 0.684. The van der Waals surface area contributed by atoms with Crippen molar-refractivity contribution in [1.29, 1.82) is 0 Å². The molecule has 0 aliphatic heterocycles. The molecule has 0 spiro atoms. The van der Waals surface area contributed by atoms with Crippen LogP contribution in [0.3, 0.4) is 0 Å². The fourth-order valence-electron chi connectivity index (χ4n) is 3.07. The first-order valence-electron chi connectivity index (χ1n) is 8.41. The van der Waals surface area contributed by atoms with Crippen molar-refractivity contribution in [2.75, 3.05) is 13.1 Å². The third-order valence-corrected chi connectivity index (χ3v) is 3.98. The predicted octanol–water partition coefficient (Wildman–Crippen LogP) is 4.98. The normalized spacial score (nSPS) is 14.2. The molecule has 0 amide bonds. The quantitative estimate of drug-likeness (QED) is 0.594. The molecule has 0 aliphatic rings. The lowest BCUT2D eigenvalue weighted by molar-refractivity contribution is 0.354. The summed E-state index contributed by atoms with van der Waals surface area (Å²) in [7, 11) is 0. The number of aryl methyl sites for hydroxylation is 1. The van der Waals surface area contributed by atoms with Gasteiger partial charge in [0.25, 0.3) is 0 Å². The predicted molar refractivity (Wildman–Crippen MR) is 90.2 cm³/mol.